The fourth-order valence-electron chi connectivity index (χ4n) is 2.47. The third kappa shape index (κ3) is 3.28. The summed E-state index contributed by atoms with van der Waals surface area (Å²) in [7, 11) is 0. The van der Waals surface area contributed by atoms with Gasteiger partial charge in [0.2, 0.25) is 0 Å². The minimum Gasteiger partial charge on any atom is -0.378 e. The predicted octanol–water partition coefficient (Wildman–Crippen LogP) is 1.92. The summed E-state index contributed by atoms with van der Waals surface area (Å²) >= 11 is 0. The van der Waals surface area contributed by atoms with Gasteiger partial charge in [-0.2, -0.15) is 0 Å². The van der Waals surface area contributed by atoms with Crippen molar-refractivity contribution >= 4 is 11.6 Å². The van der Waals surface area contributed by atoms with Crippen molar-refractivity contribution in [1.29, 1.82) is 0 Å². The molecule has 0 radical (unpaired) electrons. The second-order valence-corrected chi connectivity index (χ2v) is 5.15. The summed E-state index contributed by atoms with van der Waals surface area (Å²) in [4.78, 5) is 16.6. The lowest BCUT2D eigenvalue weighted by Crippen LogP contribution is -2.36. The van der Waals surface area contributed by atoms with Crippen molar-refractivity contribution in [1.82, 2.24) is 10.3 Å². The minimum absolute atomic E-state index is 0.206. The molecule has 22 heavy (non-hydrogen) atoms. The van der Waals surface area contributed by atoms with Gasteiger partial charge in [0, 0.05) is 25.8 Å². The van der Waals surface area contributed by atoms with Crippen LogP contribution in [-0.4, -0.2) is 37.2 Å². The fourth-order valence-corrected chi connectivity index (χ4v) is 2.47. The number of aromatic nitrogens is 1. The number of amides is 1. The first-order valence-corrected chi connectivity index (χ1v) is 7.27. The van der Waals surface area contributed by atoms with E-state index in [1.165, 1.54) is 6.07 Å². The van der Waals surface area contributed by atoms with Gasteiger partial charge in [-0.1, -0.05) is 6.07 Å². The molecule has 2 heterocycles. The molecule has 0 aliphatic carbocycles. The maximum absolute atomic E-state index is 14.2. The average Bonchev–Trinajstić information content (AvgIpc) is 3.08. The van der Waals surface area contributed by atoms with Crippen LogP contribution in [0.15, 0.2) is 36.5 Å². The van der Waals surface area contributed by atoms with E-state index in [2.05, 4.69) is 10.3 Å². The molecule has 3 rings (SSSR count). The Bertz CT molecular complexity index is 637. The number of carbonyl (C=O) groups is 1. The highest BCUT2D eigenvalue weighted by Crippen LogP contribution is 2.21. The summed E-state index contributed by atoms with van der Waals surface area (Å²) in [5.41, 5.74) is 1.81. The second-order valence-electron chi connectivity index (χ2n) is 5.15. The van der Waals surface area contributed by atoms with Gasteiger partial charge in [-0.05, 0) is 29.8 Å². The number of ether oxygens (including phenoxy) is 1. The molecule has 0 spiro atoms. The zero-order valence-electron chi connectivity index (χ0n) is 12.1. The molecule has 6 heteroatoms. The van der Waals surface area contributed by atoms with E-state index in [4.69, 9.17) is 4.74 Å². The van der Waals surface area contributed by atoms with Crippen LogP contribution in [0.25, 0.3) is 0 Å². The molecule has 1 amide bonds. The molecule has 0 bridgehead atoms. The molecule has 2 N–H and O–H groups in total. The zero-order chi connectivity index (χ0) is 15.4. The fraction of sp³-hybridized carbons (Fsp3) is 0.312. The van der Waals surface area contributed by atoms with Crippen LogP contribution in [0.5, 0.6) is 0 Å². The Morgan fingerprint density at radius 1 is 1.32 bits per heavy atom. The number of hydrogen-bond donors (Lipinski definition) is 2. The van der Waals surface area contributed by atoms with Crippen molar-refractivity contribution in [2.24, 2.45) is 0 Å². The molecule has 116 valence electrons. The van der Waals surface area contributed by atoms with E-state index in [0.29, 0.717) is 37.7 Å². The highest BCUT2D eigenvalue weighted by Gasteiger charge is 2.15. The first kappa shape index (κ1) is 14.6. The van der Waals surface area contributed by atoms with Crippen LogP contribution < -0.4 is 10.2 Å². The van der Waals surface area contributed by atoms with Crippen LogP contribution in [0.1, 0.15) is 16.1 Å². The van der Waals surface area contributed by atoms with Gasteiger partial charge in [-0.25, -0.2) is 4.39 Å². The second kappa shape index (κ2) is 6.62. The monoisotopic (exact) mass is 303 g/mol. The maximum atomic E-state index is 14.2. The smallest absolute Gasteiger partial charge is 0.267 e. The van der Waals surface area contributed by atoms with Crippen molar-refractivity contribution in [3.8, 4) is 0 Å². The molecule has 5 nitrogen and oxygen atoms in total. The standard InChI is InChI=1S/C16H18FN3O2/c17-13-10-12(11-19-16(21)14-2-1-5-18-14)3-4-15(13)20-6-8-22-9-7-20/h1-5,10,18H,6-9,11H2,(H,19,21). The zero-order valence-corrected chi connectivity index (χ0v) is 12.1. The topological polar surface area (TPSA) is 57.4 Å². The Morgan fingerprint density at radius 3 is 2.82 bits per heavy atom. The number of carbonyl (C=O) groups excluding carboxylic acids is 1. The summed E-state index contributed by atoms with van der Waals surface area (Å²) in [5.74, 6) is -0.476. The first-order valence-electron chi connectivity index (χ1n) is 7.27. The van der Waals surface area contributed by atoms with Gasteiger partial charge in [-0.3, -0.25) is 4.79 Å². The summed E-state index contributed by atoms with van der Waals surface area (Å²) in [6.07, 6.45) is 1.69. The van der Waals surface area contributed by atoms with Gasteiger partial charge >= 0.3 is 0 Å². The number of H-pyrrole nitrogens is 1. The third-order valence-electron chi connectivity index (χ3n) is 3.66. The molecule has 1 aliphatic rings. The van der Waals surface area contributed by atoms with Crippen LogP contribution >= 0.6 is 0 Å². The molecule has 1 aromatic carbocycles. The lowest BCUT2D eigenvalue weighted by molar-refractivity contribution is 0.0946. The van der Waals surface area contributed by atoms with Crippen LogP contribution in [0.3, 0.4) is 0 Å². The van der Waals surface area contributed by atoms with Crippen molar-refractivity contribution in [2.45, 2.75) is 6.54 Å². The van der Waals surface area contributed by atoms with Gasteiger partial charge in [-0.15, -0.1) is 0 Å². The van der Waals surface area contributed by atoms with Crippen molar-refractivity contribution in [3.05, 3.63) is 53.6 Å². The molecule has 1 aromatic heterocycles. The molecular weight excluding hydrogens is 285 g/mol. The Kier molecular flexibility index (Phi) is 4.39. The molecule has 1 saturated heterocycles. The SMILES string of the molecule is O=C(NCc1ccc(N2CCOCC2)c(F)c1)c1ccc[nH]1. The van der Waals surface area contributed by atoms with Crippen LogP contribution in [-0.2, 0) is 11.3 Å². The molecule has 2 aromatic rings. The van der Waals surface area contributed by atoms with E-state index in [1.54, 1.807) is 24.4 Å². The molecular formula is C16H18FN3O2. The predicted molar refractivity (Wildman–Crippen MR) is 81.4 cm³/mol. The number of anilines is 1. The number of nitrogens with zero attached hydrogens (tertiary/aromatic N) is 1. The Hall–Kier alpha value is -2.34. The largest absolute Gasteiger partial charge is 0.378 e. The van der Waals surface area contributed by atoms with Crippen molar-refractivity contribution in [2.75, 3.05) is 31.2 Å². The van der Waals surface area contributed by atoms with Crippen molar-refractivity contribution in [3.63, 3.8) is 0 Å². The van der Waals surface area contributed by atoms with E-state index in [9.17, 15) is 9.18 Å². The Labute approximate surface area is 128 Å². The van der Waals surface area contributed by atoms with Gasteiger partial charge in [0.05, 0.1) is 18.9 Å². The quantitative estimate of drug-likeness (QED) is 0.907. The highest BCUT2D eigenvalue weighted by atomic mass is 19.1. The highest BCUT2D eigenvalue weighted by molar-refractivity contribution is 5.92. The van der Waals surface area contributed by atoms with Gasteiger partial charge in [0.15, 0.2) is 0 Å². The lowest BCUT2D eigenvalue weighted by Gasteiger charge is -2.29. The Morgan fingerprint density at radius 2 is 2.14 bits per heavy atom. The summed E-state index contributed by atoms with van der Waals surface area (Å²) < 4.78 is 19.5. The number of halogens is 1. The number of nitrogens with one attached hydrogen (secondary N) is 2. The van der Waals surface area contributed by atoms with Crippen LogP contribution in [0.2, 0.25) is 0 Å². The lowest BCUT2D eigenvalue weighted by atomic mass is 10.1. The van der Waals surface area contributed by atoms with E-state index in [1.807, 2.05) is 11.0 Å². The molecule has 0 atom stereocenters. The van der Waals surface area contributed by atoms with Gasteiger partial charge in [0.1, 0.15) is 11.5 Å². The van der Waals surface area contributed by atoms with Gasteiger partial charge in [0.25, 0.3) is 5.91 Å². The maximum Gasteiger partial charge on any atom is 0.267 e. The third-order valence-corrected chi connectivity index (χ3v) is 3.66. The minimum atomic E-state index is -0.270. The summed E-state index contributed by atoms with van der Waals surface area (Å²) in [5, 5.41) is 2.76. The van der Waals surface area contributed by atoms with E-state index >= 15 is 0 Å². The van der Waals surface area contributed by atoms with E-state index in [-0.39, 0.29) is 18.3 Å². The molecule has 0 unspecified atom stereocenters. The van der Waals surface area contributed by atoms with Crippen LogP contribution in [0.4, 0.5) is 10.1 Å². The number of morpholine rings is 1. The molecule has 1 fully saturated rings. The first-order chi connectivity index (χ1) is 10.7. The van der Waals surface area contributed by atoms with E-state index < -0.39 is 0 Å². The molecule has 1 aliphatic heterocycles. The number of rotatable bonds is 4. The van der Waals surface area contributed by atoms with Crippen molar-refractivity contribution < 1.29 is 13.9 Å². The van der Waals surface area contributed by atoms with Crippen LogP contribution in [0, 0.1) is 5.82 Å². The summed E-state index contributed by atoms with van der Waals surface area (Å²) in [6.45, 7) is 2.92. The average molecular weight is 303 g/mol. The number of hydrogen-bond acceptors (Lipinski definition) is 3. The molecule has 0 saturated carbocycles. The number of benzene rings is 1. The van der Waals surface area contributed by atoms with Gasteiger partial charge < -0.3 is 19.9 Å². The summed E-state index contributed by atoms with van der Waals surface area (Å²) in [6, 6.07) is 8.52. The number of aromatic amines is 1. The normalized spacial score (nSPS) is 14.9. The Balaban J connectivity index is 1.63. The van der Waals surface area contributed by atoms with E-state index in [0.717, 1.165) is 5.56 Å².